The molecule has 1 aliphatic heterocycles. The Morgan fingerprint density at radius 2 is 1.57 bits per heavy atom. The Morgan fingerprint density at radius 3 is 2.26 bits per heavy atom. The number of hydrogen-bond donors (Lipinski definition) is 0. The third-order valence-corrected chi connectivity index (χ3v) is 5.98. The van der Waals surface area contributed by atoms with Crippen LogP contribution < -0.4 is 19.9 Å². The molecule has 8 heteroatoms. The monoisotopic (exact) mass is 476 g/mol. The molecule has 0 bridgehead atoms. The van der Waals surface area contributed by atoms with Crippen LogP contribution in [0.5, 0.6) is 11.5 Å². The molecule has 1 fully saturated rings. The van der Waals surface area contributed by atoms with Crippen LogP contribution in [0.1, 0.15) is 25.0 Å². The third-order valence-electron chi connectivity index (χ3n) is 5.98. The second-order valence-corrected chi connectivity index (χ2v) is 8.47. The van der Waals surface area contributed by atoms with Crippen molar-refractivity contribution < 1.29 is 14.3 Å². The Balaban J connectivity index is 1.39. The summed E-state index contributed by atoms with van der Waals surface area (Å²) in [5, 5.41) is 4.58. The largest absolute Gasteiger partial charge is 0.490 e. The molecule has 0 spiro atoms. The average Bonchev–Trinajstić information content (AvgIpc) is 2.87. The Morgan fingerprint density at radius 1 is 0.886 bits per heavy atom. The molecule has 0 atom stereocenters. The summed E-state index contributed by atoms with van der Waals surface area (Å²) in [5.41, 5.74) is 2.58. The van der Waals surface area contributed by atoms with Crippen molar-refractivity contribution in [3.05, 3.63) is 76.1 Å². The van der Waals surface area contributed by atoms with Crippen molar-refractivity contribution >= 4 is 11.7 Å². The van der Waals surface area contributed by atoms with Crippen molar-refractivity contribution in [1.82, 2.24) is 14.7 Å². The van der Waals surface area contributed by atoms with Gasteiger partial charge in [-0.25, -0.2) is 0 Å². The van der Waals surface area contributed by atoms with E-state index in [0.29, 0.717) is 57.3 Å². The van der Waals surface area contributed by atoms with Crippen molar-refractivity contribution in [2.24, 2.45) is 0 Å². The van der Waals surface area contributed by atoms with E-state index in [1.165, 1.54) is 4.68 Å². The molecule has 0 aliphatic carbocycles. The number of rotatable bonds is 8. The lowest BCUT2D eigenvalue weighted by Gasteiger charge is -2.35. The molecule has 2 aromatic carbocycles. The van der Waals surface area contributed by atoms with E-state index in [2.05, 4.69) is 10.00 Å². The second kappa shape index (κ2) is 11.1. The molecule has 1 saturated heterocycles. The first kappa shape index (κ1) is 24.3. The lowest BCUT2D eigenvalue weighted by molar-refractivity contribution is -0.130. The van der Waals surface area contributed by atoms with Crippen molar-refractivity contribution in [2.45, 2.75) is 27.2 Å². The topological polar surface area (TPSA) is 76.9 Å². The molecule has 184 valence electrons. The Bertz CT molecular complexity index is 1210. The van der Waals surface area contributed by atoms with Crippen LogP contribution in [0.25, 0.3) is 5.69 Å². The van der Waals surface area contributed by atoms with Gasteiger partial charge < -0.3 is 19.3 Å². The summed E-state index contributed by atoms with van der Waals surface area (Å²) in [7, 11) is 0. The van der Waals surface area contributed by atoms with Gasteiger partial charge in [-0.1, -0.05) is 23.8 Å². The summed E-state index contributed by atoms with van der Waals surface area (Å²) in [6, 6.07) is 16.7. The quantitative estimate of drug-likeness (QED) is 0.497. The average molecular weight is 477 g/mol. The minimum Gasteiger partial charge on any atom is -0.490 e. The molecule has 4 rings (SSSR count). The highest BCUT2D eigenvalue weighted by Crippen LogP contribution is 2.29. The number of piperazine rings is 1. The second-order valence-electron chi connectivity index (χ2n) is 8.47. The van der Waals surface area contributed by atoms with Crippen LogP contribution in [0.15, 0.2) is 59.4 Å². The highest BCUT2D eigenvalue weighted by atomic mass is 16.5. The van der Waals surface area contributed by atoms with E-state index >= 15 is 0 Å². The number of hydrogen-bond acceptors (Lipinski definition) is 6. The Kier molecular flexibility index (Phi) is 7.70. The fraction of sp³-hybridized carbons (Fsp3) is 0.370. The first-order valence-electron chi connectivity index (χ1n) is 12.1. The lowest BCUT2D eigenvalue weighted by Crippen LogP contribution is -2.49. The SMILES string of the molecule is CCOc1ccc(CC(=O)N2CCN(c3ccc(=O)n(-c4ccc(C)cc4)n3)CC2)cc1OCC. The summed E-state index contributed by atoms with van der Waals surface area (Å²) >= 11 is 0. The molecule has 35 heavy (non-hydrogen) atoms. The van der Waals surface area contributed by atoms with Gasteiger partial charge in [-0.3, -0.25) is 9.59 Å². The first-order valence-corrected chi connectivity index (χ1v) is 12.1. The number of carbonyl (C=O) groups excluding carboxylic acids is 1. The molecule has 1 aromatic heterocycles. The molecule has 1 amide bonds. The van der Waals surface area contributed by atoms with Crippen LogP contribution >= 0.6 is 0 Å². The first-order chi connectivity index (χ1) is 17.0. The molecule has 0 saturated carbocycles. The fourth-order valence-corrected chi connectivity index (χ4v) is 4.12. The van der Waals surface area contributed by atoms with Crippen LogP contribution in [0.2, 0.25) is 0 Å². The molecule has 0 unspecified atom stereocenters. The Labute approximate surface area is 205 Å². The maximum Gasteiger partial charge on any atom is 0.271 e. The molecule has 0 radical (unpaired) electrons. The normalized spacial score (nSPS) is 13.6. The fourth-order valence-electron chi connectivity index (χ4n) is 4.12. The van der Waals surface area contributed by atoms with E-state index in [1.54, 1.807) is 12.1 Å². The summed E-state index contributed by atoms with van der Waals surface area (Å²) in [5.74, 6) is 2.16. The van der Waals surface area contributed by atoms with Gasteiger partial charge in [0.2, 0.25) is 5.91 Å². The molecule has 8 nitrogen and oxygen atoms in total. The minimum atomic E-state index is -0.173. The molecule has 3 aromatic rings. The van der Waals surface area contributed by atoms with Crippen LogP contribution in [-0.4, -0.2) is 60.0 Å². The molecule has 2 heterocycles. The highest BCUT2D eigenvalue weighted by Gasteiger charge is 2.23. The van der Waals surface area contributed by atoms with Crippen molar-refractivity contribution in [2.75, 3.05) is 44.3 Å². The maximum atomic E-state index is 13.0. The van der Waals surface area contributed by atoms with E-state index in [4.69, 9.17) is 9.47 Å². The zero-order valence-corrected chi connectivity index (χ0v) is 20.6. The van der Waals surface area contributed by atoms with Crippen LogP contribution in [-0.2, 0) is 11.2 Å². The van der Waals surface area contributed by atoms with E-state index in [0.717, 1.165) is 22.6 Å². The third kappa shape index (κ3) is 5.82. The smallest absolute Gasteiger partial charge is 0.271 e. The van der Waals surface area contributed by atoms with E-state index in [1.807, 2.05) is 68.1 Å². The van der Waals surface area contributed by atoms with Crippen molar-refractivity contribution in [1.29, 1.82) is 0 Å². The van der Waals surface area contributed by atoms with Gasteiger partial charge in [0, 0.05) is 32.2 Å². The predicted molar refractivity (Wildman–Crippen MR) is 136 cm³/mol. The van der Waals surface area contributed by atoms with Crippen LogP contribution in [0.3, 0.4) is 0 Å². The highest BCUT2D eigenvalue weighted by molar-refractivity contribution is 5.79. The summed E-state index contributed by atoms with van der Waals surface area (Å²) in [6.45, 7) is 9.44. The number of amides is 1. The van der Waals surface area contributed by atoms with Gasteiger partial charge in [-0.05, 0) is 56.7 Å². The summed E-state index contributed by atoms with van der Waals surface area (Å²) in [4.78, 5) is 29.4. The van der Waals surface area contributed by atoms with E-state index in [9.17, 15) is 9.59 Å². The number of carbonyl (C=O) groups is 1. The van der Waals surface area contributed by atoms with E-state index < -0.39 is 0 Å². The minimum absolute atomic E-state index is 0.0776. The number of ether oxygens (including phenoxy) is 2. The summed E-state index contributed by atoms with van der Waals surface area (Å²) < 4.78 is 12.7. The van der Waals surface area contributed by atoms with Gasteiger partial charge in [0.15, 0.2) is 11.5 Å². The van der Waals surface area contributed by atoms with Gasteiger partial charge in [0.1, 0.15) is 5.82 Å². The lowest BCUT2D eigenvalue weighted by atomic mass is 10.1. The maximum absolute atomic E-state index is 13.0. The molecular weight excluding hydrogens is 444 g/mol. The number of nitrogens with zero attached hydrogens (tertiary/aromatic N) is 4. The molecule has 1 aliphatic rings. The zero-order chi connectivity index (χ0) is 24.8. The predicted octanol–water partition coefficient (Wildman–Crippen LogP) is 3.23. The van der Waals surface area contributed by atoms with Gasteiger partial charge in [-0.15, -0.1) is 5.10 Å². The van der Waals surface area contributed by atoms with Crippen LogP contribution in [0.4, 0.5) is 5.82 Å². The van der Waals surface area contributed by atoms with Gasteiger partial charge >= 0.3 is 0 Å². The van der Waals surface area contributed by atoms with Crippen LogP contribution in [0, 0.1) is 6.92 Å². The van der Waals surface area contributed by atoms with Gasteiger partial charge in [0.25, 0.3) is 5.56 Å². The number of aromatic nitrogens is 2. The van der Waals surface area contributed by atoms with Gasteiger partial charge in [-0.2, -0.15) is 4.68 Å². The van der Waals surface area contributed by atoms with Crippen molar-refractivity contribution in [3.63, 3.8) is 0 Å². The summed E-state index contributed by atoms with van der Waals surface area (Å²) in [6.07, 6.45) is 0.309. The van der Waals surface area contributed by atoms with Gasteiger partial charge in [0.05, 0.1) is 25.3 Å². The van der Waals surface area contributed by atoms with Crippen molar-refractivity contribution in [3.8, 4) is 17.2 Å². The number of aryl methyl sites for hydroxylation is 1. The Hall–Kier alpha value is -3.81. The van der Waals surface area contributed by atoms with E-state index in [-0.39, 0.29) is 11.5 Å². The molecular formula is C27H32N4O4. The standard InChI is InChI=1S/C27H32N4O4/c1-4-34-23-11-8-21(18-24(23)35-5-2)19-27(33)30-16-14-29(15-17-30)25-12-13-26(32)31(28-25)22-9-6-20(3)7-10-22/h6-13,18H,4-5,14-17,19H2,1-3H3. The zero-order valence-electron chi connectivity index (χ0n) is 20.6. The molecule has 0 N–H and O–H groups in total. The number of anilines is 1. The number of benzene rings is 2.